The van der Waals surface area contributed by atoms with Crippen LogP contribution in [0.25, 0.3) is 0 Å². The molecular formula is C13H15N3O4. The maximum atomic E-state index is 11.0. The summed E-state index contributed by atoms with van der Waals surface area (Å²) < 4.78 is 10.8. The molecule has 0 aliphatic carbocycles. The lowest BCUT2D eigenvalue weighted by Crippen LogP contribution is -2.11. The van der Waals surface area contributed by atoms with Crippen molar-refractivity contribution in [3.8, 4) is 5.75 Å². The van der Waals surface area contributed by atoms with Gasteiger partial charge in [-0.25, -0.2) is 9.78 Å². The number of rotatable bonds is 4. The minimum absolute atomic E-state index is 0.00491. The number of nitrogens with zero attached hydrogens (tertiary/aromatic N) is 3. The Morgan fingerprint density at radius 1 is 1.40 bits per heavy atom. The first-order valence-electron chi connectivity index (χ1n) is 6.02. The molecule has 1 N–H and O–H groups in total. The summed E-state index contributed by atoms with van der Waals surface area (Å²) in [5, 5.41) is 16.8. The molecule has 0 aromatic carbocycles. The quantitative estimate of drug-likeness (QED) is 0.912. The lowest BCUT2D eigenvalue weighted by Gasteiger charge is -2.11. The van der Waals surface area contributed by atoms with E-state index in [1.54, 1.807) is 6.07 Å². The van der Waals surface area contributed by atoms with Crippen LogP contribution < -0.4 is 4.74 Å². The Morgan fingerprint density at radius 2 is 2.15 bits per heavy atom. The van der Waals surface area contributed by atoms with Crippen LogP contribution in [0.5, 0.6) is 5.75 Å². The Kier molecular flexibility index (Phi) is 3.69. The van der Waals surface area contributed by atoms with Gasteiger partial charge in [0.1, 0.15) is 0 Å². The maximum Gasteiger partial charge on any atom is 0.358 e. The molecule has 0 aliphatic heterocycles. The van der Waals surface area contributed by atoms with Crippen molar-refractivity contribution in [3.05, 3.63) is 35.8 Å². The highest BCUT2D eigenvalue weighted by molar-refractivity contribution is 5.88. The van der Waals surface area contributed by atoms with Crippen LogP contribution in [0.15, 0.2) is 22.7 Å². The molecule has 7 nitrogen and oxygen atoms in total. The van der Waals surface area contributed by atoms with E-state index in [1.165, 1.54) is 12.3 Å². The highest BCUT2D eigenvalue weighted by atomic mass is 16.5. The van der Waals surface area contributed by atoms with E-state index in [9.17, 15) is 4.79 Å². The van der Waals surface area contributed by atoms with Crippen molar-refractivity contribution in [3.63, 3.8) is 0 Å². The van der Waals surface area contributed by atoms with E-state index in [2.05, 4.69) is 15.2 Å². The second kappa shape index (κ2) is 5.28. The number of aromatic carboxylic acids is 1. The molecule has 0 atom stereocenters. The smallest absolute Gasteiger partial charge is 0.358 e. The van der Waals surface area contributed by atoms with Gasteiger partial charge >= 0.3 is 5.97 Å². The number of carboxylic acids is 1. The Labute approximate surface area is 115 Å². The third-order valence-electron chi connectivity index (χ3n) is 2.43. The maximum absolute atomic E-state index is 11.0. The van der Waals surface area contributed by atoms with Gasteiger partial charge in [0.05, 0.1) is 0 Å². The predicted octanol–water partition coefficient (Wildman–Crippen LogP) is 2.04. The molecule has 2 heterocycles. The molecule has 2 aromatic rings. The van der Waals surface area contributed by atoms with Gasteiger partial charge in [-0.3, -0.25) is 0 Å². The van der Waals surface area contributed by atoms with Crippen LogP contribution in [0, 0.1) is 0 Å². The van der Waals surface area contributed by atoms with E-state index in [0.717, 1.165) is 0 Å². The van der Waals surface area contributed by atoms with Crippen LogP contribution in [-0.4, -0.2) is 26.3 Å². The fraction of sp³-hybridized carbons (Fsp3) is 0.385. The Bertz CT molecular complexity index is 616. The number of ether oxygens (including phenoxy) is 1. The molecule has 0 spiro atoms. The molecule has 0 fully saturated rings. The summed E-state index contributed by atoms with van der Waals surface area (Å²) in [7, 11) is 0. The van der Waals surface area contributed by atoms with Gasteiger partial charge < -0.3 is 14.3 Å². The number of hydrogen-bond acceptors (Lipinski definition) is 6. The van der Waals surface area contributed by atoms with Crippen LogP contribution >= 0.6 is 0 Å². The first-order chi connectivity index (χ1) is 9.38. The first kappa shape index (κ1) is 14.0. The third kappa shape index (κ3) is 3.11. The van der Waals surface area contributed by atoms with E-state index in [1.807, 2.05) is 20.8 Å². The second-order valence-electron chi connectivity index (χ2n) is 5.19. The van der Waals surface area contributed by atoms with Crippen LogP contribution in [0.2, 0.25) is 0 Å². The minimum Gasteiger partial charge on any atom is -0.481 e. The van der Waals surface area contributed by atoms with Crippen molar-refractivity contribution < 1.29 is 19.1 Å². The normalized spacial score (nSPS) is 11.3. The summed E-state index contributed by atoms with van der Waals surface area (Å²) in [5.74, 6) is -0.201. The molecular weight excluding hydrogens is 262 g/mol. The molecule has 0 saturated heterocycles. The summed E-state index contributed by atoms with van der Waals surface area (Å²) in [5.41, 5.74) is -0.394. The Morgan fingerprint density at radius 3 is 2.75 bits per heavy atom. The van der Waals surface area contributed by atoms with Crippen molar-refractivity contribution >= 4 is 5.97 Å². The molecule has 0 radical (unpaired) electrons. The monoisotopic (exact) mass is 277 g/mol. The van der Waals surface area contributed by atoms with E-state index < -0.39 is 5.97 Å². The topological polar surface area (TPSA) is 98.3 Å². The van der Waals surface area contributed by atoms with Crippen molar-refractivity contribution in [2.45, 2.75) is 32.8 Å². The van der Waals surface area contributed by atoms with Gasteiger partial charge in [0, 0.05) is 11.6 Å². The summed E-state index contributed by atoms with van der Waals surface area (Å²) in [4.78, 5) is 14.7. The largest absolute Gasteiger partial charge is 0.481 e. The zero-order valence-corrected chi connectivity index (χ0v) is 11.5. The molecule has 2 aromatic heterocycles. The first-order valence-corrected chi connectivity index (χ1v) is 6.02. The lowest BCUT2D eigenvalue weighted by molar-refractivity contribution is 0.0684. The molecule has 0 aliphatic rings. The van der Waals surface area contributed by atoms with E-state index in [-0.39, 0.29) is 29.4 Å². The number of carbonyl (C=O) groups is 1. The van der Waals surface area contributed by atoms with Gasteiger partial charge in [-0.05, 0) is 12.1 Å². The zero-order valence-electron chi connectivity index (χ0n) is 11.5. The van der Waals surface area contributed by atoms with Gasteiger partial charge in [0.15, 0.2) is 18.1 Å². The number of carboxylic acid groups (broad SMARTS) is 1. The fourth-order valence-corrected chi connectivity index (χ4v) is 1.42. The highest BCUT2D eigenvalue weighted by Crippen LogP contribution is 2.21. The standard InChI is InChI=1S/C13H15N3O4/c1-13(2,3)12-16-15-9(20-12)7-19-8-5-4-6-14-10(8)11(17)18/h4-6H,7H2,1-3H3,(H,17,18). The highest BCUT2D eigenvalue weighted by Gasteiger charge is 2.22. The van der Waals surface area contributed by atoms with Crippen LogP contribution in [-0.2, 0) is 12.0 Å². The fourth-order valence-electron chi connectivity index (χ4n) is 1.42. The van der Waals surface area contributed by atoms with Crippen molar-refractivity contribution in [2.75, 3.05) is 0 Å². The average Bonchev–Trinajstić information content (AvgIpc) is 2.85. The molecule has 0 bridgehead atoms. The van der Waals surface area contributed by atoms with Crippen LogP contribution in [0.3, 0.4) is 0 Å². The molecule has 0 amide bonds. The molecule has 7 heteroatoms. The zero-order chi connectivity index (χ0) is 14.8. The minimum atomic E-state index is -1.15. The summed E-state index contributed by atoms with van der Waals surface area (Å²) in [6.07, 6.45) is 1.39. The van der Waals surface area contributed by atoms with E-state index >= 15 is 0 Å². The summed E-state index contributed by atoms with van der Waals surface area (Å²) in [6.45, 7) is 5.85. The van der Waals surface area contributed by atoms with Crippen molar-refractivity contribution in [2.24, 2.45) is 0 Å². The predicted molar refractivity (Wildman–Crippen MR) is 68.5 cm³/mol. The Hall–Kier alpha value is -2.44. The van der Waals surface area contributed by atoms with Crippen molar-refractivity contribution in [1.82, 2.24) is 15.2 Å². The van der Waals surface area contributed by atoms with Crippen LogP contribution in [0.4, 0.5) is 0 Å². The molecule has 0 unspecified atom stereocenters. The van der Waals surface area contributed by atoms with Gasteiger partial charge in [-0.2, -0.15) is 0 Å². The number of aromatic nitrogens is 3. The second-order valence-corrected chi connectivity index (χ2v) is 5.19. The average molecular weight is 277 g/mol. The van der Waals surface area contributed by atoms with Gasteiger partial charge in [-0.15, -0.1) is 10.2 Å². The SMILES string of the molecule is CC(C)(C)c1nnc(COc2cccnc2C(=O)O)o1. The summed E-state index contributed by atoms with van der Waals surface area (Å²) >= 11 is 0. The van der Waals surface area contributed by atoms with Gasteiger partial charge in [-0.1, -0.05) is 20.8 Å². The Balaban J connectivity index is 2.10. The number of hydrogen-bond donors (Lipinski definition) is 1. The van der Waals surface area contributed by atoms with Gasteiger partial charge in [0.2, 0.25) is 5.89 Å². The van der Waals surface area contributed by atoms with Crippen LogP contribution in [0.1, 0.15) is 43.0 Å². The van der Waals surface area contributed by atoms with Gasteiger partial charge in [0.25, 0.3) is 5.89 Å². The van der Waals surface area contributed by atoms with Crippen molar-refractivity contribution in [1.29, 1.82) is 0 Å². The lowest BCUT2D eigenvalue weighted by atomic mass is 9.97. The molecule has 0 saturated carbocycles. The summed E-state index contributed by atoms with van der Waals surface area (Å²) in [6, 6.07) is 3.12. The number of pyridine rings is 1. The molecule has 2 rings (SSSR count). The third-order valence-corrected chi connectivity index (χ3v) is 2.43. The van der Waals surface area contributed by atoms with E-state index in [0.29, 0.717) is 5.89 Å². The molecule has 106 valence electrons. The molecule has 20 heavy (non-hydrogen) atoms. The van der Waals surface area contributed by atoms with E-state index in [4.69, 9.17) is 14.3 Å².